The van der Waals surface area contributed by atoms with Gasteiger partial charge in [0.2, 0.25) is 5.91 Å². The third kappa shape index (κ3) is 2.77. The fourth-order valence-corrected chi connectivity index (χ4v) is 3.27. The van der Waals surface area contributed by atoms with E-state index in [0.717, 1.165) is 57.4 Å². The maximum atomic E-state index is 11.8. The van der Waals surface area contributed by atoms with Crippen LogP contribution in [0.4, 0.5) is 5.82 Å². The van der Waals surface area contributed by atoms with Crippen molar-refractivity contribution >= 4 is 11.7 Å². The average Bonchev–Trinajstić information content (AvgIpc) is 2.89. The van der Waals surface area contributed by atoms with E-state index in [1.165, 1.54) is 0 Å². The van der Waals surface area contributed by atoms with Crippen LogP contribution in [0.25, 0.3) is 0 Å². The molecule has 2 N–H and O–H groups in total. The van der Waals surface area contributed by atoms with E-state index in [1.807, 2.05) is 12.1 Å². The van der Waals surface area contributed by atoms with Crippen molar-refractivity contribution in [2.75, 3.05) is 25.4 Å². The number of hydrogen-bond acceptors (Lipinski definition) is 4. The number of aromatic nitrogens is 1. The zero-order valence-corrected chi connectivity index (χ0v) is 11.8. The van der Waals surface area contributed by atoms with Gasteiger partial charge in [0.1, 0.15) is 5.82 Å². The molecule has 0 spiro atoms. The molecule has 2 saturated heterocycles. The number of carbonyl (C=O) groups excluding carboxylic acids is 1. The van der Waals surface area contributed by atoms with Gasteiger partial charge >= 0.3 is 0 Å². The molecule has 0 unspecified atom stereocenters. The summed E-state index contributed by atoms with van der Waals surface area (Å²) >= 11 is 0. The lowest BCUT2D eigenvalue weighted by atomic mass is 10.0. The standard InChI is InChI=1S/C15H22N4O/c16-15-12(3-1-7-17-15)11-18-9-5-13(6-10-18)19-8-2-4-14(19)20/h1,3,7,13H,2,4-6,8-11H2,(H2,16,17). The molecular formula is C15H22N4O. The lowest BCUT2D eigenvalue weighted by molar-refractivity contribution is -0.130. The van der Waals surface area contributed by atoms with Crippen LogP contribution in [-0.4, -0.2) is 46.4 Å². The van der Waals surface area contributed by atoms with Gasteiger partial charge in [-0.1, -0.05) is 6.07 Å². The number of pyridine rings is 1. The van der Waals surface area contributed by atoms with Crippen molar-refractivity contribution in [3.63, 3.8) is 0 Å². The van der Waals surface area contributed by atoms with Crippen LogP contribution in [0.3, 0.4) is 0 Å². The number of hydrogen-bond donors (Lipinski definition) is 1. The Labute approximate surface area is 119 Å². The zero-order chi connectivity index (χ0) is 13.9. The number of nitrogens with zero attached hydrogens (tertiary/aromatic N) is 3. The number of carbonyl (C=O) groups is 1. The van der Waals surface area contributed by atoms with Crippen LogP contribution in [0, 0.1) is 0 Å². The highest BCUT2D eigenvalue weighted by atomic mass is 16.2. The van der Waals surface area contributed by atoms with Crippen molar-refractivity contribution < 1.29 is 4.79 Å². The van der Waals surface area contributed by atoms with Gasteiger partial charge in [0.25, 0.3) is 0 Å². The summed E-state index contributed by atoms with van der Waals surface area (Å²) < 4.78 is 0. The van der Waals surface area contributed by atoms with Crippen LogP contribution in [0.5, 0.6) is 0 Å². The summed E-state index contributed by atoms with van der Waals surface area (Å²) in [4.78, 5) is 20.4. The van der Waals surface area contributed by atoms with Crippen molar-refractivity contribution in [1.82, 2.24) is 14.8 Å². The smallest absolute Gasteiger partial charge is 0.222 e. The molecule has 108 valence electrons. The van der Waals surface area contributed by atoms with E-state index in [0.29, 0.717) is 17.8 Å². The lowest BCUT2D eigenvalue weighted by Crippen LogP contribution is -2.45. The Morgan fingerprint density at radius 1 is 1.30 bits per heavy atom. The van der Waals surface area contributed by atoms with Crippen molar-refractivity contribution in [3.05, 3.63) is 23.9 Å². The zero-order valence-electron chi connectivity index (χ0n) is 11.8. The van der Waals surface area contributed by atoms with Gasteiger partial charge in [0, 0.05) is 50.4 Å². The Balaban J connectivity index is 1.54. The topological polar surface area (TPSA) is 62.5 Å². The van der Waals surface area contributed by atoms with Gasteiger partial charge in [-0.15, -0.1) is 0 Å². The SMILES string of the molecule is Nc1ncccc1CN1CCC(N2CCCC2=O)CC1. The minimum absolute atomic E-state index is 0.347. The molecule has 0 radical (unpaired) electrons. The Morgan fingerprint density at radius 3 is 2.75 bits per heavy atom. The van der Waals surface area contributed by atoms with Crippen molar-refractivity contribution in [2.45, 2.75) is 38.3 Å². The van der Waals surface area contributed by atoms with Gasteiger partial charge in [0.15, 0.2) is 0 Å². The van der Waals surface area contributed by atoms with Crippen LogP contribution in [0.2, 0.25) is 0 Å². The molecule has 1 aromatic rings. The van der Waals surface area contributed by atoms with Crippen LogP contribution < -0.4 is 5.73 Å². The molecule has 0 saturated carbocycles. The Hall–Kier alpha value is -1.62. The summed E-state index contributed by atoms with van der Waals surface area (Å²) in [7, 11) is 0. The Bertz CT molecular complexity index is 483. The number of likely N-dealkylation sites (tertiary alicyclic amines) is 2. The first-order valence-electron chi connectivity index (χ1n) is 7.45. The highest BCUT2D eigenvalue weighted by molar-refractivity contribution is 5.78. The van der Waals surface area contributed by atoms with Gasteiger partial charge < -0.3 is 10.6 Å². The second-order valence-corrected chi connectivity index (χ2v) is 5.75. The first kappa shape index (κ1) is 13.4. The summed E-state index contributed by atoms with van der Waals surface area (Å²) in [6.45, 7) is 3.88. The summed E-state index contributed by atoms with van der Waals surface area (Å²) in [5.41, 5.74) is 6.99. The van der Waals surface area contributed by atoms with Gasteiger partial charge in [-0.2, -0.15) is 0 Å². The minimum Gasteiger partial charge on any atom is -0.383 e. The van der Waals surface area contributed by atoms with Gasteiger partial charge in [-0.25, -0.2) is 4.98 Å². The molecule has 3 rings (SSSR count). The minimum atomic E-state index is 0.347. The molecule has 5 nitrogen and oxygen atoms in total. The Morgan fingerprint density at radius 2 is 2.10 bits per heavy atom. The number of anilines is 1. The van der Waals surface area contributed by atoms with Crippen LogP contribution in [-0.2, 0) is 11.3 Å². The van der Waals surface area contributed by atoms with Crippen LogP contribution in [0.15, 0.2) is 18.3 Å². The van der Waals surface area contributed by atoms with Crippen molar-refractivity contribution in [1.29, 1.82) is 0 Å². The largest absolute Gasteiger partial charge is 0.383 e. The normalized spacial score (nSPS) is 21.6. The molecule has 2 aliphatic rings. The summed E-state index contributed by atoms with van der Waals surface area (Å²) in [6, 6.07) is 4.42. The van der Waals surface area contributed by atoms with E-state index in [9.17, 15) is 4.79 Å². The second-order valence-electron chi connectivity index (χ2n) is 5.75. The van der Waals surface area contributed by atoms with E-state index in [4.69, 9.17) is 5.73 Å². The molecule has 5 heteroatoms. The van der Waals surface area contributed by atoms with E-state index >= 15 is 0 Å². The molecule has 0 atom stereocenters. The predicted molar refractivity (Wildman–Crippen MR) is 77.9 cm³/mol. The van der Waals surface area contributed by atoms with Crippen molar-refractivity contribution in [3.8, 4) is 0 Å². The monoisotopic (exact) mass is 274 g/mol. The fraction of sp³-hybridized carbons (Fsp3) is 0.600. The lowest BCUT2D eigenvalue weighted by Gasteiger charge is -2.36. The number of amides is 1. The molecule has 1 amide bonds. The predicted octanol–water partition coefficient (Wildman–Crippen LogP) is 1.25. The summed E-state index contributed by atoms with van der Waals surface area (Å²) in [5.74, 6) is 0.976. The molecule has 0 aromatic carbocycles. The molecule has 2 fully saturated rings. The summed E-state index contributed by atoms with van der Waals surface area (Å²) in [5, 5.41) is 0. The highest BCUT2D eigenvalue weighted by Crippen LogP contribution is 2.23. The molecule has 2 aliphatic heterocycles. The molecule has 1 aromatic heterocycles. The number of rotatable bonds is 3. The van der Waals surface area contributed by atoms with Crippen molar-refractivity contribution in [2.24, 2.45) is 0 Å². The maximum absolute atomic E-state index is 11.8. The quantitative estimate of drug-likeness (QED) is 0.901. The molecule has 0 aliphatic carbocycles. The molecule has 3 heterocycles. The number of nitrogen functional groups attached to an aromatic ring is 1. The summed E-state index contributed by atoms with van der Waals surface area (Å²) in [6.07, 6.45) is 5.65. The van der Waals surface area contributed by atoms with E-state index in [1.54, 1.807) is 6.20 Å². The first-order chi connectivity index (χ1) is 9.74. The fourth-order valence-electron chi connectivity index (χ4n) is 3.27. The molecule has 20 heavy (non-hydrogen) atoms. The number of piperidine rings is 1. The highest BCUT2D eigenvalue weighted by Gasteiger charge is 2.30. The maximum Gasteiger partial charge on any atom is 0.222 e. The first-order valence-corrected chi connectivity index (χ1v) is 7.45. The third-order valence-electron chi connectivity index (χ3n) is 4.43. The average molecular weight is 274 g/mol. The van der Waals surface area contributed by atoms with Gasteiger partial charge in [-0.3, -0.25) is 9.69 Å². The van der Waals surface area contributed by atoms with E-state index in [-0.39, 0.29) is 0 Å². The van der Waals surface area contributed by atoms with Gasteiger partial charge in [-0.05, 0) is 25.3 Å². The molecule has 0 bridgehead atoms. The Kier molecular flexibility index (Phi) is 3.87. The van der Waals surface area contributed by atoms with E-state index < -0.39 is 0 Å². The second kappa shape index (κ2) is 5.79. The van der Waals surface area contributed by atoms with Crippen LogP contribution >= 0.6 is 0 Å². The third-order valence-corrected chi connectivity index (χ3v) is 4.43. The van der Waals surface area contributed by atoms with Gasteiger partial charge in [0.05, 0.1) is 0 Å². The number of nitrogens with two attached hydrogens (primary N) is 1. The molecular weight excluding hydrogens is 252 g/mol. The van der Waals surface area contributed by atoms with E-state index in [2.05, 4.69) is 14.8 Å². The van der Waals surface area contributed by atoms with Crippen LogP contribution in [0.1, 0.15) is 31.2 Å².